The predicted molar refractivity (Wildman–Crippen MR) is 74.1 cm³/mol. The fourth-order valence-corrected chi connectivity index (χ4v) is 1.60. The highest BCUT2D eigenvalue weighted by Gasteiger charge is 2.14. The maximum absolute atomic E-state index is 13.8. The average molecular weight is 302 g/mol. The second kappa shape index (κ2) is 9.25. The molecule has 118 valence electrons. The van der Waals surface area contributed by atoms with E-state index in [9.17, 15) is 13.6 Å². The number of carbonyl (C=O) groups excluding carboxylic acids is 1. The van der Waals surface area contributed by atoms with E-state index in [-0.39, 0.29) is 0 Å². The van der Waals surface area contributed by atoms with Crippen molar-refractivity contribution in [2.75, 3.05) is 33.4 Å². The van der Waals surface area contributed by atoms with Crippen molar-refractivity contribution in [2.45, 2.75) is 13.5 Å². The van der Waals surface area contributed by atoms with Crippen molar-refractivity contribution in [3.63, 3.8) is 0 Å². The smallest absolute Gasteiger partial charge is 0.258 e. The van der Waals surface area contributed by atoms with Crippen LogP contribution < -0.4 is 15.4 Å². The summed E-state index contributed by atoms with van der Waals surface area (Å²) in [6, 6.07) is 2.37. The third-order valence-electron chi connectivity index (χ3n) is 2.61. The third kappa shape index (κ3) is 6.05. The first-order valence-electron chi connectivity index (χ1n) is 6.65. The van der Waals surface area contributed by atoms with Crippen LogP contribution in [0.4, 0.5) is 8.78 Å². The van der Waals surface area contributed by atoms with E-state index in [0.717, 1.165) is 0 Å². The fraction of sp³-hybridized carbons (Fsp3) is 0.500. The highest BCUT2D eigenvalue weighted by molar-refractivity contribution is 5.77. The maximum Gasteiger partial charge on any atom is 0.258 e. The summed E-state index contributed by atoms with van der Waals surface area (Å²) in [5.74, 6) is -2.67. The van der Waals surface area contributed by atoms with Crippen LogP contribution in [-0.4, -0.2) is 39.3 Å². The van der Waals surface area contributed by atoms with Gasteiger partial charge >= 0.3 is 0 Å². The number of rotatable bonds is 9. The quantitative estimate of drug-likeness (QED) is 0.673. The van der Waals surface area contributed by atoms with Crippen LogP contribution in [0.1, 0.15) is 12.5 Å². The Bertz CT molecular complexity index is 447. The number of ether oxygens (including phenoxy) is 2. The van der Waals surface area contributed by atoms with Gasteiger partial charge in [-0.05, 0) is 24.2 Å². The van der Waals surface area contributed by atoms with E-state index in [2.05, 4.69) is 10.6 Å². The molecule has 0 heterocycles. The zero-order valence-electron chi connectivity index (χ0n) is 12.2. The molecule has 1 amide bonds. The lowest BCUT2D eigenvalue weighted by Crippen LogP contribution is -2.31. The van der Waals surface area contributed by atoms with Gasteiger partial charge in [0.15, 0.2) is 24.0 Å². The van der Waals surface area contributed by atoms with Crippen molar-refractivity contribution < 1.29 is 23.0 Å². The molecule has 1 aromatic carbocycles. The van der Waals surface area contributed by atoms with Crippen LogP contribution in [0.15, 0.2) is 12.1 Å². The monoisotopic (exact) mass is 302 g/mol. The summed E-state index contributed by atoms with van der Waals surface area (Å²) in [5, 5.41) is 5.46. The third-order valence-corrected chi connectivity index (χ3v) is 2.61. The van der Waals surface area contributed by atoms with E-state index in [1.54, 1.807) is 0 Å². The zero-order valence-corrected chi connectivity index (χ0v) is 12.2. The van der Waals surface area contributed by atoms with Crippen molar-refractivity contribution in [3.05, 3.63) is 29.3 Å². The normalized spacial score (nSPS) is 10.5. The number of hydrogen-bond donors (Lipinski definition) is 2. The number of amides is 1. The lowest BCUT2D eigenvalue weighted by Gasteiger charge is -2.10. The summed E-state index contributed by atoms with van der Waals surface area (Å²) in [5.41, 5.74) is 0.476. The molecule has 21 heavy (non-hydrogen) atoms. The minimum absolute atomic E-state index is 0.311. The van der Waals surface area contributed by atoms with Gasteiger partial charge in [-0.15, -0.1) is 0 Å². The molecule has 1 rings (SSSR count). The molecule has 0 aliphatic carbocycles. The van der Waals surface area contributed by atoms with Gasteiger partial charge in [-0.1, -0.05) is 6.92 Å². The molecule has 0 atom stereocenters. The molecule has 2 N–H and O–H groups in total. The number of methoxy groups -OCH3 is 1. The van der Waals surface area contributed by atoms with E-state index in [1.807, 2.05) is 6.92 Å². The van der Waals surface area contributed by atoms with E-state index in [0.29, 0.717) is 31.8 Å². The molecule has 0 aliphatic rings. The number of benzene rings is 1. The molecule has 0 fully saturated rings. The maximum atomic E-state index is 13.8. The van der Waals surface area contributed by atoms with Gasteiger partial charge in [0.2, 0.25) is 0 Å². The summed E-state index contributed by atoms with van der Waals surface area (Å²) in [4.78, 5) is 11.4. The summed E-state index contributed by atoms with van der Waals surface area (Å²) in [6.45, 7) is 3.17. The molecule has 7 heteroatoms. The Morgan fingerprint density at radius 2 is 1.95 bits per heavy atom. The molecule has 0 unspecified atom stereocenters. The first-order valence-corrected chi connectivity index (χ1v) is 6.65. The SMILES string of the molecule is CCNCc1cc(F)c(OCC(=O)NCCOC)c(F)c1. The van der Waals surface area contributed by atoms with Gasteiger partial charge < -0.3 is 20.1 Å². The van der Waals surface area contributed by atoms with Crippen LogP contribution >= 0.6 is 0 Å². The van der Waals surface area contributed by atoms with Gasteiger partial charge in [-0.2, -0.15) is 0 Å². The van der Waals surface area contributed by atoms with Crippen LogP contribution in [0, 0.1) is 11.6 Å². The molecule has 0 radical (unpaired) electrons. The van der Waals surface area contributed by atoms with Gasteiger partial charge in [-0.25, -0.2) is 8.78 Å². The summed E-state index contributed by atoms with van der Waals surface area (Å²) in [6.07, 6.45) is 0. The Morgan fingerprint density at radius 1 is 1.29 bits per heavy atom. The van der Waals surface area contributed by atoms with Crippen molar-refractivity contribution in [1.82, 2.24) is 10.6 Å². The largest absolute Gasteiger partial charge is 0.478 e. The Morgan fingerprint density at radius 3 is 2.52 bits per heavy atom. The lowest BCUT2D eigenvalue weighted by molar-refractivity contribution is -0.123. The Kier molecular flexibility index (Phi) is 7.63. The number of hydrogen-bond acceptors (Lipinski definition) is 4. The van der Waals surface area contributed by atoms with Gasteiger partial charge in [0, 0.05) is 20.2 Å². The zero-order chi connectivity index (χ0) is 15.7. The van der Waals surface area contributed by atoms with E-state index in [1.165, 1.54) is 19.2 Å². The lowest BCUT2D eigenvalue weighted by atomic mass is 10.2. The molecule has 1 aromatic rings. The van der Waals surface area contributed by atoms with Gasteiger partial charge in [0.1, 0.15) is 0 Å². The van der Waals surface area contributed by atoms with Crippen LogP contribution in [0.25, 0.3) is 0 Å². The van der Waals surface area contributed by atoms with Crippen molar-refractivity contribution in [2.24, 2.45) is 0 Å². The predicted octanol–water partition coefficient (Wildman–Crippen LogP) is 1.22. The second-order valence-electron chi connectivity index (χ2n) is 4.30. The van der Waals surface area contributed by atoms with Crippen LogP contribution in [-0.2, 0) is 16.1 Å². The molecular formula is C14H20F2N2O3. The van der Waals surface area contributed by atoms with Crippen LogP contribution in [0.2, 0.25) is 0 Å². The number of halogens is 2. The summed E-state index contributed by atoms with van der Waals surface area (Å²) in [7, 11) is 1.50. The van der Waals surface area contributed by atoms with Gasteiger partial charge in [0.05, 0.1) is 6.61 Å². The topological polar surface area (TPSA) is 59.6 Å². The van der Waals surface area contributed by atoms with E-state index < -0.39 is 29.9 Å². The Balaban J connectivity index is 2.57. The minimum Gasteiger partial charge on any atom is -0.478 e. The average Bonchev–Trinajstić information content (AvgIpc) is 2.44. The van der Waals surface area contributed by atoms with Crippen molar-refractivity contribution in [1.29, 1.82) is 0 Å². The second-order valence-corrected chi connectivity index (χ2v) is 4.30. The fourth-order valence-electron chi connectivity index (χ4n) is 1.60. The summed E-state index contributed by atoms with van der Waals surface area (Å²) < 4.78 is 37.2. The molecule has 5 nitrogen and oxygen atoms in total. The molecule has 0 aromatic heterocycles. The first-order chi connectivity index (χ1) is 10.1. The highest BCUT2D eigenvalue weighted by atomic mass is 19.1. The minimum atomic E-state index is -0.826. The highest BCUT2D eigenvalue weighted by Crippen LogP contribution is 2.23. The molecule has 0 saturated heterocycles. The molecule has 0 saturated carbocycles. The van der Waals surface area contributed by atoms with E-state index in [4.69, 9.17) is 9.47 Å². The molecule has 0 bridgehead atoms. The van der Waals surface area contributed by atoms with Crippen LogP contribution in [0.5, 0.6) is 5.75 Å². The number of nitrogens with one attached hydrogen (secondary N) is 2. The van der Waals surface area contributed by atoms with E-state index >= 15 is 0 Å². The van der Waals surface area contributed by atoms with Gasteiger partial charge in [0.25, 0.3) is 5.91 Å². The number of carbonyl (C=O) groups is 1. The van der Waals surface area contributed by atoms with Crippen molar-refractivity contribution in [3.8, 4) is 5.75 Å². The Labute approximate surface area is 122 Å². The molecular weight excluding hydrogens is 282 g/mol. The molecule has 0 aliphatic heterocycles. The van der Waals surface area contributed by atoms with Crippen molar-refractivity contribution >= 4 is 5.91 Å². The van der Waals surface area contributed by atoms with Gasteiger partial charge in [-0.3, -0.25) is 4.79 Å². The molecule has 0 spiro atoms. The summed E-state index contributed by atoms with van der Waals surface area (Å²) >= 11 is 0. The first kappa shape index (κ1) is 17.3. The van der Waals surface area contributed by atoms with Crippen LogP contribution in [0.3, 0.4) is 0 Å². The standard InChI is InChI=1S/C14H20F2N2O3/c1-3-17-8-10-6-11(15)14(12(16)7-10)21-9-13(19)18-4-5-20-2/h6-7,17H,3-5,8-9H2,1-2H3,(H,18,19). The Hall–Kier alpha value is -1.73.